The molecule has 76 valence electrons. The smallest absolute Gasteiger partial charge is 0.134 e. The summed E-state index contributed by atoms with van der Waals surface area (Å²) in [4.78, 5) is 11.1. The van der Waals surface area contributed by atoms with Gasteiger partial charge < -0.3 is 0 Å². The van der Waals surface area contributed by atoms with E-state index in [2.05, 4.69) is 34.1 Å². The van der Waals surface area contributed by atoms with Gasteiger partial charge in [-0.05, 0) is 35.4 Å². The summed E-state index contributed by atoms with van der Waals surface area (Å²) in [6.45, 7) is 1.62. The summed E-state index contributed by atoms with van der Waals surface area (Å²) in [7, 11) is 0. The molecular weight excluding hydrogens is 252 g/mol. The second kappa shape index (κ2) is 4.15. The second-order valence-corrected chi connectivity index (χ2v) is 4.58. The fraction of sp³-hybridized carbons (Fsp3) is 0.154. The van der Waals surface area contributed by atoms with E-state index in [0.717, 1.165) is 15.4 Å². The number of Topliss-reactive ketones (excluding diaryl/α,β-unsaturated/α-hetero) is 1. The van der Waals surface area contributed by atoms with Crippen molar-refractivity contribution in [3.8, 4) is 0 Å². The molecule has 2 aromatic carbocycles. The summed E-state index contributed by atoms with van der Waals surface area (Å²) in [6, 6.07) is 12.2. The molecule has 2 heteroatoms. The maximum absolute atomic E-state index is 11.1. The van der Waals surface area contributed by atoms with Gasteiger partial charge in [0.05, 0.1) is 0 Å². The van der Waals surface area contributed by atoms with Crippen LogP contribution in [0.25, 0.3) is 10.8 Å². The highest BCUT2D eigenvalue weighted by molar-refractivity contribution is 9.10. The van der Waals surface area contributed by atoms with Crippen LogP contribution in [0.4, 0.5) is 0 Å². The van der Waals surface area contributed by atoms with E-state index in [9.17, 15) is 4.79 Å². The van der Waals surface area contributed by atoms with Crippen LogP contribution in [0.2, 0.25) is 0 Å². The number of benzene rings is 2. The van der Waals surface area contributed by atoms with Crippen LogP contribution in [0.15, 0.2) is 40.9 Å². The summed E-state index contributed by atoms with van der Waals surface area (Å²) in [5.41, 5.74) is 1.10. The molecule has 0 N–H and O–H groups in total. The zero-order valence-corrected chi connectivity index (χ0v) is 10.0. The number of rotatable bonds is 2. The highest BCUT2D eigenvalue weighted by atomic mass is 79.9. The first-order valence-corrected chi connectivity index (χ1v) is 5.63. The first kappa shape index (κ1) is 10.4. The predicted molar refractivity (Wildman–Crippen MR) is 66.0 cm³/mol. The van der Waals surface area contributed by atoms with Crippen molar-refractivity contribution < 1.29 is 4.79 Å². The summed E-state index contributed by atoms with van der Waals surface area (Å²) in [5.74, 6) is 0.199. The highest BCUT2D eigenvalue weighted by Gasteiger charge is 2.03. The van der Waals surface area contributed by atoms with Crippen LogP contribution in [0, 0.1) is 0 Å². The molecule has 0 bridgehead atoms. The molecule has 0 aliphatic carbocycles. The number of hydrogen-bond acceptors (Lipinski definition) is 1. The third kappa shape index (κ3) is 2.26. The quantitative estimate of drug-likeness (QED) is 0.806. The molecule has 0 aliphatic heterocycles. The van der Waals surface area contributed by atoms with Crippen molar-refractivity contribution in [1.29, 1.82) is 0 Å². The van der Waals surface area contributed by atoms with Gasteiger partial charge in [-0.2, -0.15) is 0 Å². The van der Waals surface area contributed by atoms with Crippen LogP contribution in [0.1, 0.15) is 12.5 Å². The summed E-state index contributed by atoms with van der Waals surface area (Å²) in [5, 5.41) is 2.33. The normalized spacial score (nSPS) is 10.5. The van der Waals surface area contributed by atoms with Crippen molar-refractivity contribution in [1.82, 2.24) is 0 Å². The van der Waals surface area contributed by atoms with Crippen LogP contribution in [0.5, 0.6) is 0 Å². The molecule has 0 saturated heterocycles. The fourth-order valence-corrected chi connectivity index (χ4v) is 2.12. The zero-order valence-electron chi connectivity index (χ0n) is 8.46. The molecule has 15 heavy (non-hydrogen) atoms. The van der Waals surface area contributed by atoms with Crippen molar-refractivity contribution in [3.63, 3.8) is 0 Å². The Morgan fingerprint density at radius 1 is 1.27 bits per heavy atom. The third-order valence-corrected chi connectivity index (χ3v) is 2.87. The Kier molecular flexibility index (Phi) is 2.87. The van der Waals surface area contributed by atoms with Crippen molar-refractivity contribution >= 4 is 32.5 Å². The Hall–Kier alpha value is -1.15. The van der Waals surface area contributed by atoms with Crippen LogP contribution < -0.4 is 0 Å². The van der Waals surface area contributed by atoms with Crippen LogP contribution >= 0.6 is 15.9 Å². The third-order valence-electron chi connectivity index (χ3n) is 2.37. The molecule has 0 aliphatic rings. The number of carbonyl (C=O) groups is 1. The largest absolute Gasteiger partial charge is 0.300 e. The number of carbonyl (C=O) groups excluding carboxylic acids is 1. The molecule has 0 atom stereocenters. The van der Waals surface area contributed by atoms with Crippen LogP contribution in [-0.4, -0.2) is 5.78 Å². The Morgan fingerprint density at radius 3 is 2.80 bits per heavy atom. The lowest BCUT2D eigenvalue weighted by Gasteiger charge is -2.04. The Bertz CT molecular complexity index is 517. The van der Waals surface area contributed by atoms with Crippen LogP contribution in [0.3, 0.4) is 0 Å². The average Bonchev–Trinajstić information content (AvgIpc) is 2.16. The van der Waals surface area contributed by atoms with E-state index in [4.69, 9.17) is 0 Å². The van der Waals surface area contributed by atoms with Gasteiger partial charge in [0.25, 0.3) is 0 Å². The van der Waals surface area contributed by atoms with Gasteiger partial charge in [0.15, 0.2) is 0 Å². The van der Waals surface area contributed by atoms with Gasteiger partial charge in [-0.1, -0.05) is 40.2 Å². The number of halogens is 1. The predicted octanol–water partition coefficient (Wildman–Crippen LogP) is 3.73. The Balaban J connectivity index is 2.60. The molecule has 0 unspecified atom stereocenters. The first-order chi connectivity index (χ1) is 7.16. The SMILES string of the molecule is CC(=O)Cc1cccc2cc(Br)ccc12. The molecule has 0 aromatic heterocycles. The van der Waals surface area contributed by atoms with Crippen molar-refractivity contribution in [2.45, 2.75) is 13.3 Å². The minimum absolute atomic E-state index is 0.199. The molecular formula is C13H11BrO. The molecule has 0 saturated carbocycles. The van der Waals surface area contributed by atoms with Crippen molar-refractivity contribution in [2.24, 2.45) is 0 Å². The lowest BCUT2D eigenvalue weighted by Crippen LogP contribution is -1.96. The van der Waals surface area contributed by atoms with E-state index >= 15 is 0 Å². The van der Waals surface area contributed by atoms with E-state index < -0.39 is 0 Å². The van der Waals surface area contributed by atoms with Gasteiger partial charge in [0.2, 0.25) is 0 Å². The maximum Gasteiger partial charge on any atom is 0.134 e. The van der Waals surface area contributed by atoms with Crippen molar-refractivity contribution in [2.75, 3.05) is 0 Å². The molecule has 2 rings (SSSR count). The van der Waals surface area contributed by atoms with Crippen LogP contribution in [-0.2, 0) is 11.2 Å². The lowest BCUT2D eigenvalue weighted by molar-refractivity contribution is -0.116. The second-order valence-electron chi connectivity index (χ2n) is 3.66. The van der Waals surface area contributed by atoms with Gasteiger partial charge in [0.1, 0.15) is 5.78 Å². The minimum atomic E-state index is 0.199. The Labute approximate surface area is 97.2 Å². The standard InChI is InChI=1S/C13H11BrO/c1-9(15)7-10-3-2-4-11-8-12(14)5-6-13(10)11/h2-6,8H,7H2,1H3. The maximum atomic E-state index is 11.1. The molecule has 0 fully saturated rings. The van der Waals surface area contributed by atoms with E-state index in [0.29, 0.717) is 6.42 Å². The van der Waals surface area contributed by atoms with E-state index in [1.807, 2.05) is 18.2 Å². The molecule has 1 nitrogen and oxygen atoms in total. The average molecular weight is 263 g/mol. The molecule has 2 aromatic rings. The first-order valence-electron chi connectivity index (χ1n) is 4.83. The number of fused-ring (bicyclic) bond motifs is 1. The van der Waals surface area contributed by atoms with Gasteiger partial charge in [0, 0.05) is 10.9 Å². The number of hydrogen-bond donors (Lipinski definition) is 0. The number of ketones is 1. The van der Waals surface area contributed by atoms with Gasteiger partial charge in [-0.15, -0.1) is 0 Å². The molecule has 0 amide bonds. The minimum Gasteiger partial charge on any atom is -0.300 e. The molecule has 0 spiro atoms. The highest BCUT2D eigenvalue weighted by Crippen LogP contribution is 2.23. The van der Waals surface area contributed by atoms with Gasteiger partial charge in [-0.3, -0.25) is 4.79 Å². The van der Waals surface area contributed by atoms with E-state index in [1.54, 1.807) is 6.92 Å². The fourth-order valence-electron chi connectivity index (χ4n) is 1.74. The molecule has 0 heterocycles. The topological polar surface area (TPSA) is 17.1 Å². The van der Waals surface area contributed by atoms with Crippen molar-refractivity contribution in [3.05, 3.63) is 46.4 Å². The Morgan fingerprint density at radius 2 is 2.07 bits per heavy atom. The monoisotopic (exact) mass is 262 g/mol. The van der Waals surface area contributed by atoms with E-state index in [-0.39, 0.29) is 5.78 Å². The summed E-state index contributed by atoms with van der Waals surface area (Å²) >= 11 is 3.44. The lowest BCUT2D eigenvalue weighted by atomic mass is 10.0. The summed E-state index contributed by atoms with van der Waals surface area (Å²) < 4.78 is 1.06. The van der Waals surface area contributed by atoms with E-state index in [1.165, 1.54) is 5.39 Å². The summed E-state index contributed by atoms with van der Waals surface area (Å²) in [6.07, 6.45) is 0.513. The zero-order chi connectivity index (χ0) is 10.8. The van der Waals surface area contributed by atoms with Gasteiger partial charge in [-0.25, -0.2) is 0 Å². The van der Waals surface area contributed by atoms with Gasteiger partial charge >= 0.3 is 0 Å². The molecule has 0 radical (unpaired) electrons.